The van der Waals surface area contributed by atoms with Crippen molar-refractivity contribution < 1.29 is 24.2 Å². The molecule has 0 saturated heterocycles. The smallest absolute Gasteiger partial charge is 0.341 e. The summed E-state index contributed by atoms with van der Waals surface area (Å²) >= 11 is 1.30. The molecule has 25 heavy (non-hydrogen) atoms. The molecule has 0 unspecified atom stereocenters. The number of carboxylic acids is 1. The molecule has 0 aliphatic rings. The molecule has 0 aromatic carbocycles. The van der Waals surface area contributed by atoms with Gasteiger partial charge in [0.05, 0.1) is 12.2 Å². The molecule has 8 nitrogen and oxygen atoms in total. The largest absolute Gasteiger partial charge is 0.480 e. The molecule has 0 bridgehead atoms. The molecule has 2 rings (SSSR count). The highest BCUT2D eigenvalue weighted by Crippen LogP contribution is 2.34. The number of rotatable bonds is 7. The molecule has 2 aromatic rings. The summed E-state index contributed by atoms with van der Waals surface area (Å²) in [6.07, 6.45) is 2.05. The van der Waals surface area contributed by atoms with Crippen molar-refractivity contribution >= 4 is 34.2 Å². The Kier molecular flexibility index (Phi) is 5.92. The Bertz CT molecular complexity index is 809. The Labute approximate surface area is 148 Å². The summed E-state index contributed by atoms with van der Waals surface area (Å²) in [6, 6.07) is 1.42. The first-order valence-corrected chi connectivity index (χ1v) is 8.54. The van der Waals surface area contributed by atoms with Gasteiger partial charge in [-0.25, -0.2) is 4.79 Å². The highest BCUT2D eigenvalue weighted by molar-refractivity contribution is 7.16. The number of aromatic nitrogens is 2. The van der Waals surface area contributed by atoms with Crippen LogP contribution in [0.4, 0.5) is 5.00 Å². The number of hydrogen-bond acceptors (Lipinski definition) is 6. The molecule has 0 atom stereocenters. The lowest BCUT2D eigenvalue weighted by atomic mass is 10.1. The van der Waals surface area contributed by atoms with Gasteiger partial charge in [0.15, 0.2) is 5.69 Å². The van der Waals surface area contributed by atoms with Crippen molar-refractivity contribution in [3.63, 3.8) is 0 Å². The third-order valence-corrected chi connectivity index (χ3v) is 4.50. The van der Waals surface area contributed by atoms with Crippen LogP contribution in [0.15, 0.2) is 12.3 Å². The zero-order chi connectivity index (χ0) is 18.6. The maximum Gasteiger partial charge on any atom is 0.341 e. The normalized spacial score (nSPS) is 10.5. The van der Waals surface area contributed by atoms with E-state index in [1.54, 1.807) is 6.92 Å². The van der Waals surface area contributed by atoms with Crippen molar-refractivity contribution in [3.8, 4) is 0 Å². The molecule has 2 aromatic heterocycles. The van der Waals surface area contributed by atoms with Crippen molar-refractivity contribution in [2.24, 2.45) is 0 Å². The summed E-state index contributed by atoms with van der Waals surface area (Å²) in [4.78, 5) is 36.2. The fourth-order valence-electron chi connectivity index (χ4n) is 2.39. The summed E-state index contributed by atoms with van der Waals surface area (Å²) in [7, 11) is 0. The second-order valence-corrected chi connectivity index (χ2v) is 6.39. The lowest BCUT2D eigenvalue weighted by Crippen LogP contribution is -2.17. The van der Waals surface area contributed by atoms with Crippen LogP contribution in [0.1, 0.15) is 45.1 Å². The molecule has 2 N–H and O–H groups in total. The number of amides is 1. The van der Waals surface area contributed by atoms with Gasteiger partial charge in [-0.1, -0.05) is 6.92 Å². The van der Waals surface area contributed by atoms with Crippen molar-refractivity contribution in [3.05, 3.63) is 34.0 Å². The second kappa shape index (κ2) is 7.93. The van der Waals surface area contributed by atoms with Crippen LogP contribution in [0.2, 0.25) is 0 Å². The third kappa shape index (κ3) is 4.24. The molecular weight excluding hydrogens is 346 g/mol. The lowest BCUT2D eigenvalue weighted by Gasteiger charge is -2.07. The van der Waals surface area contributed by atoms with Crippen LogP contribution in [0.25, 0.3) is 0 Å². The van der Waals surface area contributed by atoms with Crippen molar-refractivity contribution in [2.45, 2.75) is 33.7 Å². The fraction of sp³-hybridized carbons (Fsp3) is 0.375. The zero-order valence-corrected chi connectivity index (χ0v) is 15.0. The highest BCUT2D eigenvalue weighted by atomic mass is 32.1. The number of esters is 1. The summed E-state index contributed by atoms with van der Waals surface area (Å²) in [6.45, 7) is 5.43. The van der Waals surface area contributed by atoms with Gasteiger partial charge in [-0.3, -0.25) is 14.3 Å². The second-order valence-electron chi connectivity index (χ2n) is 5.16. The number of hydrogen-bond donors (Lipinski definition) is 2. The van der Waals surface area contributed by atoms with Crippen molar-refractivity contribution in [2.75, 3.05) is 11.9 Å². The van der Waals surface area contributed by atoms with Gasteiger partial charge >= 0.3 is 11.9 Å². The van der Waals surface area contributed by atoms with Gasteiger partial charge in [0, 0.05) is 11.1 Å². The zero-order valence-electron chi connectivity index (χ0n) is 14.2. The highest BCUT2D eigenvalue weighted by Gasteiger charge is 2.24. The molecule has 0 aliphatic carbocycles. The molecule has 134 valence electrons. The van der Waals surface area contributed by atoms with E-state index in [1.807, 2.05) is 13.8 Å². The first-order chi connectivity index (χ1) is 11.9. The van der Waals surface area contributed by atoms with E-state index < -0.39 is 17.8 Å². The van der Waals surface area contributed by atoms with Crippen LogP contribution in [0.3, 0.4) is 0 Å². The predicted octanol–water partition coefficient (Wildman–Crippen LogP) is 2.33. The van der Waals surface area contributed by atoms with Crippen LogP contribution < -0.4 is 5.32 Å². The number of nitrogens with one attached hydrogen (secondary N) is 1. The van der Waals surface area contributed by atoms with Crippen LogP contribution >= 0.6 is 11.3 Å². The monoisotopic (exact) mass is 365 g/mol. The van der Waals surface area contributed by atoms with E-state index >= 15 is 0 Å². The Morgan fingerprint density at radius 1 is 1.36 bits per heavy atom. The minimum absolute atomic E-state index is 0.0696. The fourth-order valence-corrected chi connectivity index (χ4v) is 3.52. The SMILES string of the molecule is CCOC(=O)c1c(NC(=O)c2ccn(CC(=O)O)n2)sc(C)c1CC. The molecule has 2 heterocycles. The van der Waals surface area contributed by atoms with Crippen LogP contribution in [0, 0.1) is 6.92 Å². The van der Waals surface area contributed by atoms with Gasteiger partial charge in [-0.2, -0.15) is 5.10 Å². The minimum atomic E-state index is -1.05. The molecule has 0 fully saturated rings. The van der Waals surface area contributed by atoms with Crippen molar-refractivity contribution in [1.82, 2.24) is 9.78 Å². The number of carbonyl (C=O) groups is 3. The quantitative estimate of drug-likeness (QED) is 0.729. The number of thiophene rings is 1. The summed E-state index contributed by atoms with van der Waals surface area (Å²) in [5.41, 5.74) is 1.28. The van der Waals surface area contributed by atoms with E-state index in [1.165, 1.54) is 23.6 Å². The maximum atomic E-state index is 12.4. The molecule has 0 saturated carbocycles. The number of aliphatic carboxylic acids is 1. The topological polar surface area (TPSA) is 111 Å². The molecule has 0 aliphatic heterocycles. The van der Waals surface area contributed by atoms with Crippen LogP contribution in [-0.2, 0) is 22.5 Å². The Morgan fingerprint density at radius 2 is 2.08 bits per heavy atom. The number of carboxylic acid groups (broad SMARTS) is 1. The number of anilines is 1. The molecule has 1 amide bonds. The van der Waals surface area contributed by atoms with E-state index in [0.29, 0.717) is 17.0 Å². The van der Waals surface area contributed by atoms with Gasteiger partial charge in [0.25, 0.3) is 5.91 Å². The van der Waals surface area contributed by atoms with E-state index in [-0.39, 0.29) is 18.8 Å². The van der Waals surface area contributed by atoms with Crippen LogP contribution in [-0.4, -0.2) is 39.3 Å². The maximum absolute atomic E-state index is 12.4. The third-order valence-electron chi connectivity index (χ3n) is 3.44. The number of aryl methyl sites for hydroxylation is 1. The average molecular weight is 365 g/mol. The Balaban J connectivity index is 2.27. The standard InChI is InChI=1S/C16H19N3O5S/c1-4-10-9(3)25-15(13(10)16(23)24-5-2)17-14(22)11-6-7-19(18-11)8-12(20)21/h6-7H,4-5,8H2,1-3H3,(H,17,22)(H,20,21). The van der Waals surface area contributed by atoms with E-state index in [0.717, 1.165) is 15.1 Å². The summed E-state index contributed by atoms with van der Waals surface area (Å²) < 4.78 is 6.24. The first-order valence-electron chi connectivity index (χ1n) is 7.73. The first kappa shape index (κ1) is 18.7. The van der Waals surface area contributed by atoms with Crippen LogP contribution in [0.5, 0.6) is 0 Å². The van der Waals surface area contributed by atoms with E-state index in [2.05, 4.69) is 10.4 Å². The molecular formula is C16H19N3O5S. The van der Waals surface area contributed by atoms with Gasteiger partial charge in [0.1, 0.15) is 11.5 Å². The van der Waals surface area contributed by atoms with Crippen molar-refractivity contribution in [1.29, 1.82) is 0 Å². The van der Waals surface area contributed by atoms with E-state index in [9.17, 15) is 14.4 Å². The summed E-state index contributed by atoms with van der Waals surface area (Å²) in [5, 5.41) is 15.8. The Morgan fingerprint density at radius 3 is 2.68 bits per heavy atom. The van der Waals surface area contributed by atoms with Gasteiger partial charge < -0.3 is 15.2 Å². The summed E-state index contributed by atoms with van der Waals surface area (Å²) in [5.74, 6) is -2.05. The lowest BCUT2D eigenvalue weighted by molar-refractivity contribution is -0.137. The molecule has 0 spiro atoms. The minimum Gasteiger partial charge on any atom is -0.480 e. The van der Waals surface area contributed by atoms with E-state index in [4.69, 9.17) is 9.84 Å². The van der Waals surface area contributed by atoms with Gasteiger partial charge in [-0.15, -0.1) is 11.3 Å². The van der Waals surface area contributed by atoms with Gasteiger partial charge in [-0.05, 0) is 31.9 Å². The Hall–Kier alpha value is -2.68. The molecule has 9 heteroatoms. The average Bonchev–Trinajstić information content (AvgIpc) is 3.11. The molecule has 0 radical (unpaired) electrons. The number of ether oxygens (including phenoxy) is 1. The predicted molar refractivity (Wildman–Crippen MR) is 92.2 cm³/mol. The van der Waals surface area contributed by atoms with Gasteiger partial charge in [0.2, 0.25) is 0 Å². The number of carbonyl (C=O) groups excluding carboxylic acids is 2. The number of nitrogens with zero attached hydrogens (tertiary/aromatic N) is 2.